The maximum Gasteiger partial charge on any atom is 0.317 e. The SMILES string of the molecule is O=C(Nc1nccs1)C1CCCN(C(=O)NCCCN2CCc3ccccc32)C1. The Morgan fingerprint density at radius 3 is 3.00 bits per heavy atom. The van der Waals surface area contributed by atoms with E-state index in [9.17, 15) is 9.59 Å². The highest BCUT2D eigenvalue weighted by Gasteiger charge is 2.28. The molecule has 4 rings (SSSR count). The molecular formula is C21H27N5O2S. The van der Waals surface area contributed by atoms with Gasteiger partial charge in [0.1, 0.15) is 0 Å². The molecule has 1 aromatic heterocycles. The third-order valence-electron chi connectivity index (χ3n) is 5.61. The number of hydrogen-bond donors (Lipinski definition) is 2. The largest absolute Gasteiger partial charge is 0.371 e. The molecule has 1 unspecified atom stereocenters. The lowest BCUT2D eigenvalue weighted by atomic mass is 9.97. The number of aromatic nitrogens is 1. The van der Waals surface area contributed by atoms with E-state index in [4.69, 9.17) is 0 Å². The smallest absolute Gasteiger partial charge is 0.317 e. The number of amides is 3. The molecule has 0 bridgehead atoms. The third-order valence-corrected chi connectivity index (χ3v) is 6.29. The predicted molar refractivity (Wildman–Crippen MR) is 115 cm³/mol. The number of carbonyl (C=O) groups excluding carboxylic acids is 2. The van der Waals surface area contributed by atoms with Gasteiger partial charge in [-0.15, -0.1) is 11.3 Å². The fourth-order valence-electron chi connectivity index (χ4n) is 4.08. The van der Waals surface area contributed by atoms with Gasteiger partial charge in [0, 0.05) is 50.0 Å². The Kier molecular flexibility index (Phi) is 6.29. The van der Waals surface area contributed by atoms with Crippen molar-refractivity contribution in [3.05, 3.63) is 41.4 Å². The summed E-state index contributed by atoms with van der Waals surface area (Å²) in [6.07, 6.45) is 5.31. The zero-order valence-electron chi connectivity index (χ0n) is 16.5. The van der Waals surface area contributed by atoms with Crippen LogP contribution < -0.4 is 15.5 Å². The predicted octanol–water partition coefficient (Wildman–Crippen LogP) is 2.96. The first-order valence-corrected chi connectivity index (χ1v) is 11.1. The van der Waals surface area contributed by atoms with E-state index in [2.05, 4.69) is 44.8 Å². The molecule has 1 atom stereocenters. The normalized spacial score (nSPS) is 18.4. The number of hydrogen-bond acceptors (Lipinski definition) is 5. The number of fused-ring (bicyclic) bond motifs is 1. The van der Waals surface area contributed by atoms with Crippen molar-refractivity contribution in [1.82, 2.24) is 15.2 Å². The highest BCUT2D eigenvalue weighted by Crippen LogP contribution is 2.27. The summed E-state index contributed by atoms with van der Waals surface area (Å²) in [6.45, 7) is 3.80. The first-order chi connectivity index (χ1) is 14.2. The summed E-state index contributed by atoms with van der Waals surface area (Å²) in [6, 6.07) is 8.46. The minimum absolute atomic E-state index is 0.0508. The van der Waals surface area contributed by atoms with E-state index in [1.54, 1.807) is 11.1 Å². The Morgan fingerprint density at radius 2 is 2.14 bits per heavy atom. The first-order valence-electron chi connectivity index (χ1n) is 10.3. The van der Waals surface area contributed by atoms with Crippen LogP contribution in [0.3, 0.4) is 0 Å². The van der Waals surface area contributed by atoms with Gasteiger partial charge in [-0.3, -0.25) is 4.79 Å². The average Bonchev–Trinajstić information content (AvgIpc) is 3.41. The van der Waals surface area contributed by atoms with Crippen molar-refractivity contribution >= 4 is 34.1 Å². The molecule has 3 amide bonds. The number of para-hydroxylation sites is 1. The van der Waals surface area contributed by atoms with Crippen LogP contribution in [-0.2, 0) is 11.2 Å². The summed E-state index contributed by atoms with van der Waals surface area (Å²) in [5.74, 6) is -0.232. The van der Waals surface area contributed by atoms with Crippen molar-refractivity contribution in [1.29, 1.82) is 0 Å². The molecule has 0 saturated carbocycles. The molecule has 0 radical (unpaired) electrons. The lowest BCUT2D eigenvalue weighted by Gasteiger charge is -2.32. The van der Waals surface area contributed by atoms with E-state index in [0.717, 1.165) is 38.8 Å². The molecule has 1 fully saturated rings. The Hall–Kier alpha value is -2.61. The third kappa shape index (κ3) is 4.87. The number of rotatable bonds is 6. The monoisotopic (exact) mass is 413 g/mol. The number of nitrogens with zero attached hydrogens (tertiary/aromatic N) is 3. The molecule has 1 saturated heterocycles. The van der Waals surface area contributed by atoms with Gasteiger partial charge in [0.2, 0.25) is 5.91 Å². The second-order valence-corrected chi connectivity index (χ2v) is 8.46. The minimum Gasteiger partial charge on any atom is -0.371 e. The highest BCUT2D eigenvalue weighted by atomic mass is 32.1. The van der Waals surface area contributed by atoms with Crippen molar-refractivity contribution in [2.24, 2.45) is 5.92 Å². The van der Waals surface area contributed by atoms with E-state index >= 15 is 0 Å². The molecule has 2 N–H and O–H groups in total. The molecule has 2 aromatic rings. The van der Waals surface area contributed by atoms with E-state index in [1.165, 1.54) is 22.6 Å². The Balaban J connectivity index is 1.19. The van der Waals surface area contributed by atoms with Crippen molar-refractivity contribution in [2.45, 2.75) is 25.7 Å². The van der Waals surface area contributed by atoms with Crippen LogP contribution >= 0.6 is 11.3 Å². The molecule has 0 aliphatic carbocycles. The summed E-state index contributed by atoms with van der Waals surface area (Å²) < 4.78 is 0. The summed E-state index contributed by atoms with van der Waals surface area (Å²) >= 11 is 1.40. The van der Waals surface area contributed by atoms with Gasteiger partial charge >= 0.3 is 6.03 Å². The molecule has 2 aliphatic rings. The number of urea groups is 1. The van der Waals surface area contributed by atoms with Gasteiger partial charge in [-0.1, -0.05) is 18.2 Å². The van der Waals surface area contributed by atoms with Gasteiger partial charge in [-0.2, -0.15) is 0 Å². The number of piperidine rings is 1. The fraction of sp³-hybridized carbons (Fsp3) is 0.476. The number of nitrogens with one attached hydrogen (secondary N) is 2. The standard InChI is InChI=1S/C21H27N5O2S/c27-19(24-20-22-10-14-29-20)17-6-3-11-26(15-17)21(28)23-9-4-12-25-13-8-16-5-1-2-7-18(16)25/h1-2,5,7,10,14,17H,3-4,6,8-9,11-13,15H2,(H,23,28)(H,22,24,27). The van der Waals surface area contributed by atoms with Crippen LogP contribution in [0.5, 0.6) is 0 Å². The molecule has 0 spiro atoms. The van der Waals surface area contributed by atoms with Crippen LogP contribution in [0.25, 0.3) is 0 Å². The molecular weight excluding hydrogens is 386 g/mol. The lowest BCUT2D eigenvalue weighted by molar-refractivity contribution is -0.121. The minimum atomic E-state index is -0.181. The van der Waals surface area contributed by atoms with Crippen LogP contribution in [0.2, 0.25) is 0 Å². The maximum absolute atomic E-state index is 12.5. The van der Waals surface area contributed by atoms with E-state index in [1.807, 2.05) is 5.38 Å². The van der Waals surface area contributed by atoms with E-state index in [-0.39, 0.29) is 17.9 Å². The highest BCUT2D eigenvalue weighted by molar-refractivity contribution is 7.13. The van der Waals surface area contributed by atoms with Gasteiger partial charge in [-0.05, 0) is 37.3 Å². The van der Waals surface area contributed by atoms with Gasteiger partial charge in [0.15, 0.2) is 5.13 Å². The van der Waals surface area contributed by atoms with Gasteiger partial charge in [0.05, 0.1) is 5.92 Å². The second-order valence-electron chi connectivity index (χ2n) is 7.56. The van der Waals surface area contributed by atoms with Crippen LogP contribution in [0.15, 0.2) is 35.8 Å². The Labute approximate surface area is 175 Å². The van der Waals surface area contributed by atoms with Crippen LogP contribution in [-0.4, -0.2) is 54.5 Å². The summed E-state index contributed by atoms with van der Waals surface area (Å²) in [7, 11) is 0. The average molecular weight is 414 g/mol. The molecule has 1 aromatic carbocycles. The lowest BCUT2D eigenvalue weighted by Crippen LogP contribution is -2.48. The van der Waals surface area contributed by atoms with Crippen molar-refractivity contribution in [3.63, 3.8) is 0 Å². The van der Waals surface area contributed by atoms with Crippen molar-refractivity contribution in [3.8, 4) is 0 Å². The second kappa shape index (κ2) is 9.26. The number of benzene rings is 1. The van der Waals surface area contributed by atoms with Gasteiger partial charge in [-0.25, -0.2) is 9.78 Å². The van der Waals surface area contributed by atoms with E-state index in [0.29, 0.717) is 24.8 Å². The van der Waals surface area contributed by atoms with Crippen LogP contribution in [0, 0.1) is 5.92 Å². The topological polar surface area (TPSA) is 77.6 Å². The summed E-state index contributed by atoms with van der Waals surface area (Å²) in [5.41, 5.74) is 2.73. The fourth-order valence-corrected chi connectivity index (χ4v) is 4.62. The summed E-state index contributed by atoms with van der Waals surface area (Å²) in [5, 5.41) is 8.31. The van der Waals surface area contributed by atoms with Gasteiger partial charge < -0.3 is 20.4 Å². The number of thiazole rings is 1. The molecule has 2 aliphatic heterocycles. The zero-order valence-corrected chi connectivity index (χ0v) is 17.3. The molecule has 154 valence electrons. The maximum atomic E-state index is 12.5. The van der Waals surface area contributed by atoms with Crippen LogP contribution in [0.1, 0.15) is 24.8 Å². The van der Waals surface area contributed by atoms with Gasteiger partial charge in [0.25, 0.3) is 0 Å². The first kappa shape index (κ1) is 19.7. The van der Waals surface area contributed by atoms with Crippen LogP contribution in [0.4, 0.5) is 15.6 Å². The Bertz CT molecular complexity index is 841. The summed E-state index contributed by atoms with van der Waals surface area (Å²) in [4.78, 5) is 33.2. The van der Waals surface area contributed by atoms with Crippen molar-refractivity contribution in [2.75, 3.05) is 42.9 Å². The number of likely N-dealkylation sites (tertiary alicyclic amines) is 1. The molecule has 29 heavy (non-hydrogen) atoms. The Morgan fingerprint density at radius 1 is 1.24 bits per heavy atom. The zero-order chi connectivity index (χ0) is 20.1. The number of anilines is 2. The quantitative estimate of drug-likeness (QED) is 0.714. The molecule has 3 heterocycles. The molecule has 8 heteroatoms. The molecule has 7 nitrogen and oxygen atoms in total. The number of carbonyl (C=O) groups is 2. The van der Waals surface area contributed by atoms with E-state index < -0.39 is 0 Å². The van der Waals surface area contributed by atoms with Crippen molar-refractivity contribution < 1.29 is 9.59 Å².